The number of alkyl halides is 3. The highest BCUT2D eigenvalue weighted by atomic mass is 19.4. The van der Waals surface area contributed by atoms with E-state index < -0.39 is 29.2 Å². The summed E-state index contributed by atoms with van der Waals surface area (Å²) in [5.74, 6) is -0.516. The first-order valence-corrected chi connectivity index (χ1v) is 5.62. The van der Waals surface area contributed by atoms with Crippen molar-refractivity contribution in [3.8, 4) is 0 Å². The van der Waals surface area contributed by atoms with Crippen LogP contribution in [0.15, 0.2) is 18.2 Å². The maximum atomic E-state index is 12.1. The van der Waals surface area contributed by atoms with Gasteiger partial charge in [0.25, 0.3) is 11.6 Å². The molecule has 110 valence electrons. The lowest BCUT2D eigenvalue weighted by Gasteiger charge is -2.11. The van der Waals surface area contributed by atoms with Crippen LogP contribution in [-0.2, 0) is 0 Å². The molecule has 0 saturated heterocycles. The van der Waals surface area contributed by atoms with Crippen molar-refractivity contribution in [2.24, 2.45) is 0 Å². The first-order chi connectivity index (χ1) is 9.24. The molecule has 0 heterocycles. The van der Waals surface area contributed by atoms with E-state index in [9.17, 15) is 28.1 Å². The highest BCUT2D eigenvalue weighted by Crippen LogP contribution is 2.27. The first kappa shape index (κ1) is 15.7. The Bertz CT molecular complexity index is 517. The smallest absolute Gasteiger partial charge is 0.371 e. The van der Waals surface area contributed by atoms with Gasteiger partial charge in [0.1, 0.15) is 12.2 Å². The molecule has 1 aromatic carbocycles. The van der Waals surface area contributed by atoms with Crippen molar-refractivity contribution in [3.63, 3.8) is 0 Å². The molecular weight excluding hydrogens is 279 g/mol. The fourth-order valence-electron chi connectivity index (χ4n) is 1.44. The summed E-state index contributed by atoms with van der Waals surface area (Å²) in [5, 5.41) is 15.1. The van der Waals surface area contributed by atoms with E-state index in [1.54, 1.807) is 6.92 Å². The topological polar surface area (TPSA) is 84.3 Å². The van der Waals surface area contributed by atoms with Gasteiger partial charge in [-0.25, -0.2) is 0 Å². The number of benzene rings is 1. The van der Waals surface area contributed by atoms with E-state index in [4.69, 9.17) is 0 Å². The minimum absolute atomic E-state index is 0.0436. The zero-order chi connectivity index (χ0) is 15.3. The summed E-state index contributed by atoms with van der Waals surface area (Å²) in [6, 6.07) is 3.19. The molecule has 1 aromatic rings. The quantitative estimate of drug-likeness (QED) is 0.644. The molecular formula is C11H12F3N3O3. The van der Waals surface area contributed by atoms with E-state index in [1.165, 1.54) is 6.07 Å². The summed E-state index contributed by atoms with van der Waals surface area (Å²) in [6.45, 7) is 0.583. The van der Waals surface area contributed by atoms with Gasteiger partial charge < -0.3 is 10.6 Å². The summed E-state index contributed by atoms with van der Waals surface area (Å²) in [4.78, 5) is 21.5. The van der Waals surface area contributed by atoms with Crippen LogP contribution in [-0.4, -0.2) is 30.1 Å². The molecule has 0 aliphatic carbocycles. The molecule has 0 aromatic heterocycles. The number of nitro groups is 1. The fraction of sp³-hybridized carbons (Fsp3) is 0.364. The molecule has 2 N–H and O–H groups in total. The number of nitrogens with one attached hydrogen (secondary N) is 2. The molecule has 0 aliphatic rings. The molecule has 0 atom stereocenters. The van der Waals surface area contributed by atoms with Crippen LogP contribution in [0.2, 0.25) is 0 Å². The third-order valence-electron chi connectivity index (χ3n) is 2.27. The lowest BCUT2D eigenvalue weighted by atomic mass is 10.1. The van der Waals surface area contributed by atoms with Gasteiger partial charge in [-0.2, -0.15) is 13.2 Å². The zero-order valence-corrected chi connectivity index (χ0v) is 10.5. The minimum Gasteiger partial charge on any atom is -0.371 e. The number of rotatable bonds is 5. The Morgan fingerprint density at radius 3 is 2.55 bits per heavy atom. The van der Waals surface area contributed by atoms with Gasteiger partial charge in [-0.1, -0.05) is 0 Å². The van der Waals surface area contributed by atoms with E-state index in [0.717, 1.165) is 12.1 Å². The van der Waals surface area contributed by atoms with Gasteiger partial charge in [-0.3, -0.25) is 14.9 Å². The maximum absolute atomic E-state index is 12.1. The van der Waals surface area contributed by atoms with Crippen LogP contribution in [0.4, 0.5) is 24.5 Å². The van der Waals surface area contributed by atoms with E-state index in [-0.39, 0.29) is 11.3 Å². The van der Waals surface area contributed by atoms with Gasteiger partial charge in [0, 0.05) is 18.2 Å². The number of anilines is 1. The Balaban J connectivity index is 3.06. The van der Waals surface area contributed by atoms with Crippen LogP contribution in [0.5, 0.6) is 0 Å². The van der Waals surface area contributed by atoms with Gasteiger partial charge >= 0.3 is 6.18 Å². The molecule has 0 fully saturated rings. The van der Waals surface area contributed by atoms with E-state index in [0.29, 0.717) is 6.54 Å². The molecule has 0 saturated carbocycles. The van der Waals surface area contributed by atoms with Crippen molar-refractivity contribution < 1.29 is 22.9 Å². The summed E-state index contributed by atoms with van der Waals surface area (Å²) in [7, 11) is 0. The Labute approximate surface area is 112 Å². The summed E-state index contributed by atoms with van der Waals surface area (Å²) in [5.41, 5.74) is -0.833. The van der Waals surface area contributed by atoms with Crippen molar-refractivity contribution in [3.05, 3.63) is 33.9 Å². The van der Waals surface area contributed by atoms with Crippen molar-refractivity contribution in [1.29, 1.82) is 0 Å². The molecule has 9 heteroatoms. The largest absolute Gasteiger partial charge is 0.405 e. The molecule has 0 aliphatic heterocycles. The predicted octanol–water partition coefficient (Wildman–Crippen LogP) is 2.32. The number of hydrogen-bond acceptors (Lipinski definition) is 4. The number of nitro benzene ring substituents is 1. The second-order valence-corrected chi connectivity index (χ2v) is 3.82. The molecule has 0 unspecified atom stereocenters. The summed E-state index contributed by atoms with van der Waals surface area (Å²) < 4.78 is 36.4. The highest BCUT2D eigenvalue weighted by Gasteiger charge is 2.28. The highest BCUT2D eigenvalue weighted by molar-refractivity contribution is 5.95. The third kappa shape index (κ3) is 4.41. The minimum atomic E-state index is -4.52. The Hall–Kier alpha value is -2.32. The zero-order valence-electron chi connectivity index (χ0n) is 10.5. The lowest BCUT2D eigenvalue weighted by molar-refractivity contribution is -0.384. The van der Waals surface area contributed by atoms with Crippen LogP contribution < -0.4 is 10.6 Å². The SMILES string of the molecule is CCNC(=O)c1ccc([N+](=O)[O-])c(NCC(F)(F)F)c1. The number of carbonyl (C=O) groups excluding carboxylic acids is 1. The average Bonchev–Trinajstić information content (AvgIpc) is 2.35. The van der Waals surface area contributed by atoms with Crippen LogP contribution in [0.3, 0.4) is 0 Å². The van der Waals surface area contributed by atoms with Crippen molar-refractivity contribution in [1.82, 2.24) is 5.32 Å². The van der Waals surface area contributed by atoms with Gasteiger partial charge in [0.15, 0.2) is 0 Å². The van der Waals surface area contributed by atoms with Crippen LogP contribution >= 0.6 is 0 Å². The normalized spacial score (nSPS) is 11.0. The monoisotopic (exact) mass is 291 g/mol. The number of halogens is 3. The molecule has 20 heavy (non-hydrogen) atoms. The van der Waals surface area contributed by atoms with Crippen LogP contribution in [0.25, 0.3) is 0 Å². The van der Waals surface area contributed by atoms with E-state index >= 15 is 0 Å². The lowest BCUT2D eigenvalue weighted by Crippen LogP contribution is -2.24. The number of nitrogens with zero attached hydrogens (tertiary/aromatic N) is 1. The molecule has 6 nitrogen and oxygen atoms in total. The molecule has 1 rings (SSSR count). The summed E-state index contributed by atoms with van der Waals surface area (Å²) >= 11 is 0. The second kappa shape index (κ2) is 6.22. The molecule has 0 bridgehead atoms. The number of carbonyl (C=O) groups is 1. The Morgan fingerprint density at radius 1 is 1.40 bits per heavy atom. The first-order valence-electron chi connectivity index (χ1n) is 5.62. The van der Waals surface area contributed by atoms with Gasteiger partial charge in [-0.15, -0.1) is 0 Å². The molecule has 0 radical (unpaired) electrons. The Kier molecular flexibility index (Phi) is 4.89. The van der Waals surface area contributed by atoms with Crippen LogP contribution in [0, 0.1) is 10.1 Å². The fourth-order valence-corrected chi connectivity index (χ4v) is 1.44. The van der Waals surface area contributed by atoms with Crippen molar-refractivity contribution in [2.75, 3.05) is 18.4 Å². The molecule has 0 spiro atoms. The Morgan fingerprint density at radius 2 is 2.05 bits per heavy atom. The standard InChI is InChI=1S/C11H12F3N3O3/c1-2-15-10(18)7-3-4-9(17(19)20)8(5-7)16-6-11(12,13)14/h3-5,16H,2,6H2,1H3,(H,15,18). The summed E-state index contributed by atoms with van der Waals surface area (Å²) in [6.07, 6.45) is -4.52. The van der Waals surface area contributed by atoms with Crippen LogP contribution in [0.1, 0.15) is 17.3 Å². The second-order valence-electron chi connectivity index (χ2n) is 3.82. The van der Waals surface area contributed by atoms with Gasteiger partial charge in [0.2, 0.25) is 0 Å². The average molecular weight is 291 g/mol. The van der Waals surface area contributed by atoms with Gasteiger partial charge in [-0.05, 0) is 19.1 Å². The van der Waals surface area contributed by atoms with Gasteiger partial charge in [0.05, 0.1) is 4.92 Å². The third-order valence-corrected chi connectivity index (χ3v) is 2.27. The predicted molar refractivity (Wildman–Crippen MR) is 65.6 cm³/mol. The molecule has 1 amide bonds. The van der Waals surface area contributed by atoms with Crippen molar-refractivity contribution >= 4 is 17.3 Å². The maximum Gasteiger partial charge on any atom is 0.405 e. The number of amides is 1. The van der Waals surface area contributed by atoms with Crippen molar-refractivity contribution in [2.45, 2.75) is 13.1 Å². The van der Waals surface area contributed by atoms with E-state index in [2.05, 4.69) is 5.32 Å². The number of hydrogen-bond donors (Lipinski definition) is 2. The van der Waals surface area contributed by atoms with E-state index in [1.807, 2.05) is 5.32 Å².